The first-order valence-electron chi connectivity index (χ1n) is 10.5. The number of aromatic carboxylic acids is 1. The predicted octanol–water partition coefficient (Wildman–Crippen LogP) is 4.49. The summed E-state index contributed by atoms with van der Waals surface area (Å²) in [5.74, 6) is -0.162. The number of thiophene rings is 1. The molecule has 2 aromatic heterocycles. The minimum atomic E-state index is -0.927. The Morgan fingerprint density at radius 2 is 2.00 bits per heavy atom. The lowest BCUT2D eigenvalue weighted by molar-refractivity contribution is 0.0697. The van der Waals surface area contributed by atoms with Crippen LogP contribution in [-0.4, -0.2) is 46.0 Å². The van der Waals surface area contributed by atoms with Crippen molar-refractivity contribution in [1.82, 2.24) is 9.88 Å². The molecule has 0 aliphatic carbocycles. The summed E-state index contributed by atoms with van der Waals surface area (Å²) < 4.78 is 7.99. The molecule has 7 heteroatoms. The quantitative estimate of drug-likeness (QED) is 0.332. The van der Waals surface area contributed by atoms with Gasteiger partial charge in [-0.1, -0.05) is 18.2 Å². The van der Waals surface area contributed by atoms with E-state index in [1.54, 1.807) is 23.5 Å². The highest BCUT2D eigenvalue weighted by molar-refractivity contribution is 7.13. The Kier molecular flexibility index (Phi) is 6.90. The lowest BCUT2D eigenvalue weighted by Gasteiger charge is -2.19. The van der Waals surface area contributed by atoms with Gasteiger partial charge in [0.2, 0.25) is 0 Å². The maximum atomic E-state index is 11.2. The number of carboxylic acids is 1. The van der Waals surface area contributed by atoms with Crippen LogP contribution in [0.2, 0.25) is 0 Å². The summed E-state index contributed by atoms with van der Waals surface area (Å²) in [6, 6.07) is 19.1. The molecule has 3 N–H and O–H groups in total. The molecular formula is C25H26N2O4S. The molecule has 0 saturated carbocycles. The van der Waals surface area contributed by atoms with Crippen molar-refractivity contribution in [1.29, 1.82) is 0 Å². The second kappa shape index (κ2) is 9.99. The van der Waals surface area contributed by atoms with Crippen molar-refractivity contribution < 1.29 is 19.7 Å². The highest BCUT2D eigenvalue weighted by Gasteiger charge is 2.13. The van der Waals surface area contributed by atoms with E-state index in [9.17, 15) is 9.90 Å². The summed E-state index contributed by atoms with van der Waals surface area (Å²) in [6.45, 7) is 3.36. The van der Waals surface area contributed by atoms with Gasteiger partial charge >= 0.3 is 5.97 Å². The molecule has 0 spiro atoms. The molecule has 0 amide bonds. The summed E-state index contributed by atoms with van der Waals surface area (Å²) in [4.78, 5) is 12.3. The lowest BCUT2D eigenvalue weighted by Crippen LogP contribution is -2.38. The molecule has 4 aromatic rings. The van der Waals surface area contributed by atoms with Gasteiger partial charge in [0.1, 0.15) is 18.5 Å². The summed E-state index contributed by atoms with van der Waals surface area (Å²) >= 11 is 1.66. The van der Waals surface area contributed by atoms with Gasteiger partial charge in [-0.2, -0.15) is 0 Å². The number of hydrogen-bond donors (Lipinski definition) is 3. The SMILES string of the molecule is C[C@H](Cn1ccc2cc(C(=O)O)ccc21)NC[C@H](O)COc1ccccc1-c1cccs1. The van der Waals surface area contributed by atoms with Gasteiger partial charge in [-0.15, -0.1) is 11.3 Å². The minimum Gasteiger partial charge on any atom is -0.490 e. The molecule has 0 saturated heterocycles. The van der Waals surface area contributed by atoms with E-state index in [4.69, 9.17) is 9.84 Å². The number of aliphatic hydroxyl groups is 1. The third-order valence-corrected chi connectivity index (χ3v) is 6.20. The van der Waals surface area contributed by atoms with Crippen molar-refractivity contribution in [3.05, 3.63) is 77.8 Å². The molecule has 0 radical (unpaired) electrons. The average Bonchev–Trinajstić information content (AvgIpc) is 3.46. The predicted molar refractivity (Wildman–Crippen MR) is 128 cm³/mol. The standard InChI is InChI=1S/C25H26N2O4S/c1-17(15-27-11-10-18-13-19(25(29)30)8-9-22(18)27)26-14-20(28)16-31-23-6-3-2-5-21(23)24-7-4-12-32-24/h2-13,17,20,26,28H,14-16H2,1H3,(H,29,30)/t17-,20+/m1/s1. The van der Waals surface area contributed by atoms with E-state index in [1.165, 1.54) is 0 Å². The van der Waals surface area contributed by atoms with Crippen molar-refractivity contribution in [2.24, 2.45) is 0 Å². The van der Waals surface area contributed by atoms with Gasteiger partial charge in [-0.25, -0.2) is 4.79 Å². The number of nitrogens with one attached hydrogen (secondary N) is 1. The Morgan fingerprint density at radius 3 is 2.78 bits per heavy atom. The summed E-state index contributed by atoms with van der Waals surface area (Å²) in [5.41, 5.74) is 2.30. The zero-order chi connectivity index (χ0) is 22.5. The molecule has 0 aliphatic rings. The van der Waals surface area contributed by atoms with Gasteiger partial charge in [0.15, 0.2) is 0 Å². The number of carboxylic acid groups (broad SMARTS) is 1. The maximum Gasteiger partial charge on any atom is 0.335 e. The Balaban J connectivity index is 1.29. The number of para-hydroxylation sites is 1. The average molecular weight is 451 g/mol. The van der Waals surface area contributed by atoms with E-state index in [-0.39, 0.29) is 18.2 Å². The van der Waals surface area contributed by atoms with Gasteiger partial charge in [-0.3, -0.25) is 0 Å². The zero-order valence-electron chi connectivity index (χ0n) is 17.8. The summed E-state index contributed by atoms with van der Waals surface area (Å²) in [5, 5.41) is 25.8. The molecule has 0 aliphatic heterocycles. The van der Waals surface area contributed by atoms with E-state index in [2.05, 4.69) is 22.9 Å². The van der Waals surface area contributed by atoms with Crippen molar-refractivity contribution in [3.8, 4) is 16.2 Å². The normalized spacial score (nSPS) is 13.2. The summed E-state index contributed by atoms with van der Waals surface area (Å²) in [7, 11) is 0. The maximum absolute atomic E-state index is 11.2. The molecule has 2 heterocycles. The fourth-order valence-corrected chi connectivity index (χ4v) is 4.42. The van der Waals surface area contributed by atoms with Crippen LogP contribution in [0.4, 0.5) is 0 Å². The fraction of sp³-hybridized carbons (Fsp3) is 0.240. The number of nitrogens with zero attached hydrogens (tertiary/aromatic N) is 1. The van der Waals surface area contributed by atoms with Crippen LogP contribution in [0.15, 0.2) is 72.2 Å². The van der Waals surface area contributed by atoms with E-state index in [0.717, 1.165) is 27.1 Å². The number of ether oxygens (including phenoxy) is 1. The largest absolute Gasteiger partial charge is 0.490 e. The van der Waals surface area contributed by atoms with E-state index in [1.807, 2.05) is 54.0 Å². The van der Waals surface area contributed by atoms with Crippen LogP contribution in [0.3, 0.4) is 0 Å². The number of carbonyl (C=O) groups is 1. The smallest absolute Gasteiger partial charge is 0.335 e. The number of aliphatic hydroxyl groups excluding tert-OH is 1. The Hall–Kier alpha value is -3.13. The second-order valence-corrected chi connectivity index (χ2v) is 8.74. The van der Waals surface area contributed by atoms with E-state index >= 15 is 0 Å². The number of rotatable bonds is 10. The lowest BCUT2D eigenvalue weighted by atomic mass is 10.1. The van der Waals surface area contributed by atoms with Crippen LogP contribution in [-0.2, 0) is 6.54 Å². The first-order valence-corrected chi connectivity index (χ1v) is 11.4. The highest BCUT2D eigenvalue weighted by atomic mass is 32.1. The first kappa shape index (κ1) is 22.1. The molecule has 166 valence electrons. The molecule has 0 fully saturated rings. The topological polar surface area (TPSA) is 83.7 Å². The van der Waals surface area contributed by atoms with Crippen molar-refractivity contribution in [2.45, 2.75) is 25.6 Å². The van der Waals surface area contributed by atoms with Crippen molar-refractivity contribution in [3.63, 3.8) is 0 Å². The van der Waals surface area contributed by atoms with Crippen LogP contribution in [0.5, 0.6) is 5.75 Å². The molecule has 6 nitrogen and oxygen atoms in total. The number of aromatic nitrogens is 1. The monoisotopic (exact) mass is 450 g/mol. The second-order valence-electron chi connectivity index (χ2n) is 7.79. The van der Waals surface area contributed by atoms with Crippen LogP contribution in [0.25, 0.3) is 21.3 Å². The Bertz CT molecular complexity index is 1190. The minimum absolute atomic E-state index is 0.109. The third kappa shape index (κ3) is 5.19. The van der Waals surface area contributed by atoms with Gasteiger partial charge in [0, 0.05) is 46.7 Å². The van der Waals surface area contributed by atoms with Crippen LogP contribution in [0, 0.1) is 0 Å². The molecule has 4 rings (SSSR count). The zero-order valence-corrected chi connectivity index (χ0v) is 18.6. The molecular weight excluding hydrogens is 424 g/mol. The van der Waals surface area contributed by atoms with Crippen molar-refractivity contribution >= 4 is 28.2 Å². The van der Waals surface area contributed by atoms with E-state index < -0.39 is 12.1 Å². The first-order chi connectivity index (χ1) is 15.5. The van der Waals surface area contributed by atoms with Crippen LogP contribution in [0.1, 0.15) is 17.3 Å². The Labute approximate surface area is 190 Å². The molecule has 0 bridgehead atoms. The van der Waals surface area contributed by atoms with Crippen molar-refractivity contribution in [2.75, 3.05) is 13.2 Å². The number of fused-ring (bicyclic) bond motifs is 1. The molecule has 2 atom stereocenters. The summed E-state index contributed by atoms with van der Waals surface area (Å²) in [6.07, 6.45) is 1.31. The Morgan fingerprint density at radius 1 is 1.16 bits per heavy atom. The molecule has 2 aromatic carbocycles. The van der Waals surface area contributed by atoms with E-state index in [0.29, 0.717) is 13.1 Å². The van der Waals surface area contributed by atoms with Gasteiger partial charge in [0.05, 0.1) is 5.56 Å². The van der Waals surface area contributed by atoms with Gasteiger partial charge < -0.3 is 24.8 Å². The number of benzene rings is 2. The molecule has 32 heavy (non-hydrogen) atoms. The fourth-order valence-electron chi connectivity index (χ4n) is 3.66. The van der Waals surface area contributed by atoms with Crippen LogP contribution < -0.4 is 10.1 Å². The highest BCUT2D eigenvalue weighted by Crippen LogP contribution is 2.33. The van der Waals surface area contributed by atoms with Gasteiger partial charge in [0.25, 0.3) is 0 Å². The third-order valence-electron chi connectivity index (χ3n) is 5.30. The van der Waals surface area contributed by atoms with Crippen LogP contribution >= 0.6 is 11.3 Å². The van der Waals surface area contributed by atoms with Gasteiger partial charge in [-0.05, 0) is 54.8 Å². The number of hydrogen-bond acceptors (Lipinski definition) is 5. The molecule has 0 unspecified atom stereocenters.